The standard InChI is InChI=1S/C10H15N3O3/c1-3-13(6-7(2)10(15)16)8-9(14)12-5-4-11-8/h4-5,7H,3,6H2,1-2H3,(H,12,14)(H,15,16). The summed E-state index contributed by atoms with van der Waals surface area (Å²) in [5.74, 6) is -1.16. The Morgan fingerprint density at radius 1 is 1.69 bits per heavy atom. The highest BCUT2D eigenvalue weighted by atomic mass is 16.4. The van der Waals surface area contributed by atoms with E-state index < -0.39 is 11.9 Å². The van der Waals surface area contributed by atoms with Gasteiger partial charge in [-0.25, -0.2) is 4.98 Å². The van der Waals surface area contributed by atoms with Crippen LogP contribution in [0.5, 0.6) is 0 Å². The highest BCUT2D eigenvalue weighted by Gasteiger charge is 2.17. The van der Waals surface area contributed by atoms with Gasteiger partial charge in [-0.15, -0.1) is 0 Å². The number of carbonyl (C=O) groups is 1. The predicted octanol–water partition coefficient (Wildman–Crippen LogP) is 0.317. The third-order valence-electron chi connectivity index (χ3n) is 2.29. The number of carboxylic acids is 1. The summed E-state index contributed by atoms with van der Waals surface area (Å²) in [7, 11) is 0. The Morgan fingerprint density at radius 3 is 2.88 bits per heavy atom. The molecule has 6 nitrogen and oxygen atoms in total. The summed E-state index contributed by atoms with van der Waals surface area (Å²) in [6, 6.07) is 0. The van der Waals surface area contributed by atoms with Gasteiger partial charge in [-0.1, -0.05) is 6.92 Å². The number of hydrogen-bond acceptors (Lipinski definition) is 4. The lowest BCUT2D eigenvalue weighted by Gasteiger charge is -2.22. The van der Waals surface area contributed by atoms with Gasteiger partial charge in [0.25, 0.3) is 5.56 Å². The van der Waals surface area contributed by atoms with E-state index in [4.69, 9.17) is 5.11 Å². The van der Waals surface area contributed by atoms with E-state index in [0.717, 1.165) is 0 Å². The van der Waals surface area contributed by atoms with Gasteiger partial charge < -0.3 is 15.0 Å². The summed E-state index contributed by atoms with van der Waals surface area (Å²) in [4.78, 5) is 30.3. The van der Waals surface area contributed by atoms with Crippen molar-refractivity contribution in [2.75, 3.05) is 18.0 Å². The average molecular weight is 225 g/mol. The Balaban J connectivity index is 2.87. The molecule has 2 N–H and O–H groups in total. The van der Waals surface area contributed by atoms with Gasteiger partial charge in [-0.05, 0) is 6.92 Å². The lowest BCUT2D eigenvalue weighted by atomic mass is 10.2. The Bertz CT molecular complexity index is 416. The van der Waals surface area contributed by atoms with Crippen LogP contribution in [-0.2, 0) is 4.79 Å². The first-order valence-electron chi connectivity index (χ1n) is 5.07. The van der Waals surface area contributed by atoms with Crippen LogP contribution in [0.1, 0.15) is 13.8 Å². The number of nitrogens with one attached hydrogen (secondary N) is 1. The van der Waals surface area contributed by atoms with Gasteiger partial charge in [0, 0.05) is 25.5 Å². The molecule has 1 unspecified atom stereocenters. The zero-order valence-electron chi connectivity index (χ0n) is 9.30. The summed E-state index contributed by atoms with van der Waals surface area (Å²) in [5, 5.41) is 8.81. The molecule has 0 spiro atoms. The maximum absolute atomic E-state index is 11.5. The summed E-state index contributed by atoms with van der Waals surface area (Å²) in [6.45, 7) is 4.26. The summed E-state index contributed by atoms with van der Waals surface area (Å²) in [5.41, 5.74) is -0.304. The van der Waals surface area contributed by atoms with Crippen molar-refractivity contribution < 1.29 is 9.90 Å². The lowest BCUT2D eigenvalue weighted by Crippen LogP contribution is -2.35. The number of aromatic amines is 1. The fourth-order valence-corrected chi connectivity index (χ4v) is 1.34. The molecule has 1 atom stereocenters. The number of anilines is 1. The molecule has 0 aromatic carbocycles. The van der Waals surface area contributed by atoms with Crippen molar-refractivity contribution in [2.24, 2.45) is 5.92 Å². The lowest BCUT2D eigenvalue weighted by molar-refractivity contribution is -0.140. The molecule has 16 heavy (non-hydrogen) atoms. The summed E-state index contributed by atoms with van der Waals surface area (Å²) >= 11 is 0. The van der Waals surface area contributed by atoms with Crippen LogP contribution in [0.25, 0.3) is 0 Å². The summed E-state index contributed by atoms with van der Waals surface area (Å²) < 4.78 is 0. The Hall–Kier alpha value is -1.85. The normalized spacial score (nSPS) is 12.1. The number of hydrogen-bond donors (Lipinski definition) is 2. The van der Waals surface area contributed by atoms with Gasteiger partial charge in [0.05, 0.1) is 5.92 Å². The second-order valence-electron chi connectivity index (χ2n) is 3.52. The first kappa shape index (κ1) is 12.2. The molecule has 0 aliphatic rings. The molecule has 0 fully saturated rings. The molecule has 1 aromatic rings. The van der Waals surface area contributed by atoms with Crippen molar-refractivity contribution >= 4 is 11.8 Å². The van der Waals surface area contributed by atoms with Gasteiger partial charge in [0.2, 0.25) is 0 Å². The van der Waals surface area contributed by atoms with Crippen LogP contribution in [0.15, 0.2) is 17.2 Å². The molecule has 0 saturated carbocycles. The van der Waals surface area contributed by atoms with Crippen molar-refractivity contribution in [1.82, 2.24) is 9.97 Å². The molecule has 6 heteroatoms. The summed E-state index contributed by atoms with van der Waals surface area (Å²) in [6.07, 6.45) is 2.92. The zero-order valence-corrected chi connectivity index (χ0v) is 9.30. The number of carboxylic acid groups (broad SMARTS) is 1. The fraction of sp³-hybridized carbons (Fsp3) is 0.500. The number of aromatic nitrogens is 2. The van der Waals surface area contributed by atoms with Crippen LogP contribution in [0.2, 0.25) is 0 Å². The maximum Gasteiger partial charge on any atom is 0.308 e. The van der Waals surface area contributed by atoms with Crippen molar-refractivity contribution in [1.29, 1.82) is 0 Å². The second kappa shape index (κ2) is 5.29. The van der Waals surface area contributed by atoms with E-state index in [1.165, 1.54) is 12.4 Å². The van der Waals surface area contributed by atoms with Crippen molar-refractivity contribution in [3.63, 3.8) is 0 Å². The highest BCUT2D eigenvalue weighted by molar-refractivity contribution is 5.70. The van der Waals surface area contributed by atoms with E-state index in [2.05, 4.69) is 9.97 Å². The second-order valence-corrected chi connectivity index (χ2v) is 3.52. The molecule has 1 aromatic heterocycles. The van der Waals surface area contributed by atoms with E-state index in [1.54, 1.807) is 11.8 Å². The maximum atomic E-state index is 11.5. The fourth-order valence-electron chi connectivity index (χ4n) is 1.34. The number of nitrogens with zero attached hydrogens (tertiary/aromatic N) is 2. The van der Waals surface area contributed by atoms with Crippen molar-refractivity contribution in [3.05, 3.63) is 22.7 Å². The van der Waals surface area contributed by atoms with Crippen LogP contribution >= 0.6 is 0 Å². The van der Waals surface area contributed by atoms with E-state index in [9.17, 15) is 9.59 Å². The first-order valence-corrected chi connectivity index (χ1v) is 5.07. The molecule has 0 amide bonds. The molecule has 0 aliphatic carbocycles. The molecule has 0 radical (unpaired) electrons. The van der Waals surface area contributed by atoms with Crippen LogP contribution in [0.4, 0.5) is 5.82 Å². The number of rotatable bonds is 5. The topological polar surface area (TPSA) is 86.3 Å². The minimum Gasteiger partial charge on any atom is -0.481 e. The number of aliphatic carboxylic acids is 1. The van der Waals surface area contributed by atoms with Gasteiger partial charge in [0.1, 0.15) is 0 Å². The molecule has 0 bridgehead atoms. The largest absolute Gasteiger partial charge is 0.481 e. The van der Waals surface area contributed by atoms with Crippen LogP contribution < -0.4 is 10.5 Å². The molecular formula is C10H15N3O3. The van der Waals surface area contributed by atoms with Crippen LogP contribution in [0, 0.1) is 5.92 Å². The molecule has 88 valence electrons. The quantitative estimate of drug-likeness (QED) is 0.753. The van der Waals surface area contributed by atoms with E-state index in [1.807, 2.05) is 6.92 Å². The van der Waals surface area contributed by atoms with E-state index >= 15 is 0 Å². The van der Waals surface area contributed by atoms with Gasteiger partial charge in [-0.3, -0.25) is 9.59 Å². The van der Waals surface area contributed by atoms with Crippen molar-refractivity contribution in [3.8, 4) is 0 Å². The molecule has 0 saturated heterocycles. The molecule has 1 heterocycles. The smallest absolute Gasteiger partial charge is 0.308 e. The third kappa shape index (κ3) is 2.82. The molecule has 0 aliphatic heterocycles. The van der Waals surface area contributed by atoms with Gasteiger partial charge >= 0.3 is 5.97 Å². The minimum absolute atomic E-state index is 0.262. The van der Waals surface area contributed by atoms with Crippen molar-refractivity contribution in [2.45, 2.75) is 13.8 Å². The van der Waals surface area contributed by atoms with E-state index in [0.29, 0.717) is 6.54 Å². The minimum atomic E-state index is -0.884. The van der Waals surface area contributed by atoms with Crippen LogP contribution in [0.3, 0.4) is 0 Å². The van der Waals surface area contributed by atoms with Crippen LogP contribution in [-0.4, -0.2) is 34.1 Å². The van der Waals surface area contributed by atoms with E-state index in [-0.39, 0.29) is 17.9 Å². The molecular weight excluding hydrogens is 210 g/mol. The first-order chi connectivity index (χ1) is 7.56. The highest BCUT2D eigenvalue weighted by Crippen LogP contribution is 2.06. The Labute approximate surface area is 92.9 Å². The zero-order chi connectivity index (χ0) is 12.1. The Morgan fingerprint density at radius 2 is 2.38 bits per heavy atom. The third-order valence-corrected chi connectivity index (χ3v) is 2.29. The SMILES string of the molecule is CCN(CC(C)C(=O)O)c1ncc[nH]c1=O. The average Bonchev–Trinajstić information content (AvgIpc) is 2.26. The molecule has 1 rings (SSSR count). The van der Waals surface area contributed by atoms with Gasteiger partial charge in [0.15, 0.2) is 5.82 Å². The predicted molar refractivity (Wildman–Crippen MR) is 59.5 cm³/mol. The Kier molecular flexibility index (Phi) is 4.04. The monoisotopic (exact) mass is 225 g/mol. The van der Waals surface area contributed by atoms with Gasteiger partial charge in [-0.2, -0.15) is 0 Å². The number of H-pyrrole nitrogens is 1.